The summed E-state index contributed by atoms with van der Waals surface area (Å²) in [7, 11) is 1.60. The molecule has 1 saturated carbocycles. The Balaban J connectivity index is 1.35. The third-order valence-corrected chi connectivity index (χ3v) is 5.96. The first-order valence-electron chi connectivity index (χ1n) is 9.76. The molecule has 4 rings (SSSR count). The minimum absolute atomic E-state index is 0.111. The highest BCUT2D eigenvalue weighted by atomic mass is 32.1. The Labute approximate surface area is 178 Å². The summed E-state index contributed by atoms with van der Waals surface area (Å²) in [6, 6.07) is 12.0. The van der Waals surface area contributed by atoms with Crippen molar-refractivity contribution in [1.29, 1.82) is 0 Å². The number of hydrogen-bond acceptors (Lipinski definition) is 6. The van der Waals surface area contributed by atoms with Crippen molar-refractivity contribution in [3.63, 3.8) is 0 Å². The molecule has 0 N–H and O–H groups in total. The van der Waals surface area contributed by atoms with Crippen LogP contribution in [0.5, 0.6) is 11.5 Å². The molecule has 2 aromatic carbocycles. The fourth-order valence-electron chi connectivity index (χ4n) is 3.37. The van der Waals surface area contributed by atoms with Crippen LogP contribution in [0.3, 0.4) is 0 Å². The lowest BCUT2D eigenvalue weighted by Gasteiger charge is -2.09. The maximum Gasteiger partial charge on any atom is 0.309 e. The number of nitrogens with zero attached hydrogens (tertiary/aromatic N) is 1. The number of thiazole rings is 1. The molecule has 1 aromatic heterocycles. The minimum atomic E-state index is -0.275. The monoisotopic (exact) mass is 427 g/mol. The molecule has 0 spiro atoms. The number of hydrogen-bond donors (Lipinski definition) is 0. The number of carbonyl (C=O) groups excluding carboxylic acids is 1. The molecule has 0 bridgehead atoms. The number of ether oxygens (including phenoxy) is 3. The second-order valence-electron chi connectivity index (χ2n) is 7.05. The molecule has 1 aliphatic rings. The highest BCUT2D eigenvalue weighted by Crippen LogP contribution is 2.48. The van der Waals surface area contributed by atoms with Crippen molar-refractivity contribution in [3.05, 3.63) is 64.9 Å². The largest absolute Gasteiger partial charge is 0.493 e. The van der Waals surface area contributed by atoms with Crippen molar-refractivity contribution in [2.45, 2.75) is 25.9 Å². The van der Waals surface area contributed by atoms with E-state index in [1.54, 1.807) is 19.2 Å². The van der Waals surface area contributed by atoms with Crippen molar-refractivity contribution in [1.82, 2.24) is 4.98 Å². The molecule has 1 fully saturated rings. The number of halogens is 1. The number of rotatable bonds is 8. The molecule has 2 atom stereocenters. The first kappa shape index (κ1) is 20.3. The molecule has 1 aliphatic carbocycles. The molecule has 0 aliphatic heterocycles. The summed E-state index contributed by atoms with van der Waals surface area (Å²) in [5.41, 5.74) is 2.59. The molecule has 2 unspecified atom stereocenters. The predicted octanol–water partition coefficient (Wildman–Crippen LogP) is 5.20. The second-order valence-corrected chi connectivity index (χ2v) is 7.91. The van der Waals surface area contributed by atoms with E-state index in [4.69, 9.17) is 14.2 Å². The zero-order valence-electron chi connectivity index (χ0n) is 16.8. The van der Waals surface area contributed by atoms with Gasteiger partial charge in [0.1, 0.15) is 17.4 Å². The van der Waals surface area contributed by atoms with E-state index in [1.165, 1.54) is 23.5 Å². The van der Waals surface area contributed by atoms with Crippen LogP contribution in [-0.4, -0.2) is 24.7 Å². The maximum absolute atomic E-state index is 13.0. The van der Waals surface area contributed by atoms with Gasteiger partial charge in [-0.2, -0.15) is 0 Å². The van der Waals surface area contributed by atoms with Crippen LogP contribution >= 0.6 is 11.3 Å². The van der Waals surface area contributed by atoms with Gasteiger partial charge in [-0.25, -0.2) is 9.37 Å². The first-order valence-corrected chi connectivity index (χ1v) is 10.6. The van der Waals surface area contributed by atoms with Crippen LogP contribution in [0.15, 0.2) is 47.8 Å². The van der Waals surface area contributed by atoms with Crippen molar-refractivity contribution < 1.29 is 23.4 Å². The number of carbonyl (C=O) groups is 1. The van der Waals surface area contributed by atoms with Gasteiger partial charge in [-0.3, -0.25) is 4.79 Å². The van der Waals surface area contributed by atoms with Crippen molar-refractivity contribution in [2.75, 3.05) is 13.7 Å². The standard InChI is InChI=1S/C23H22FNO4S/c1-3-28-20-9-6-15(10-21(20)27-2)22-25-17(13-30-22)12-29-23(26)19-11-18(19)14-4-7-16(24)8-5-14/h4-10,13,18-19H,3,11-12H2,1-2H3. The molecule has 156 valence electrons. The van der Waals surface area contributed by atoms with Crippen LogP contribution in [0.25, 0.3) is 10.6 Å². The van der Waals surface area contributed by atoms with Gasteiger partial charge in [0.15, 0.2) is 11.5 Å². The lowest BCUT2D eigenvalue weighted by Crippen LogP contribution is -2.08. The lowest BCUT2D eigenvalue weighted by molar-refractivity contribution is -0.146. The van der Waals surface area contributed by atoms with Gasteiger partial charge in [-0.1, -0.05) is 12.1 Å². The van der Waals surface area contributed by atoms with E-state index in [1.807, 2.05) is 30.5 Å². The number of aromatic nitrogens is 1. The molecule has 0 radical (unpaired) electrons. The second kappa shape index (κ2) is 8.83. The molecule has 0 saturated heterocycles. The molecule has 0 amide bonds. The number of benzene rings is 2. The van der Waals surface area contributed by atoms with E-state index in [0.29, 0.717) is 23.8 Å². The molecular formula is C23H22FNO4S. The summed E-state index contributed by atoms with van der Waals surface area (Å²) >= 11 is 1.48. The summed E-state index contributed by atoms with van der Waals surface area (Å²) in [5.74, 6) is 0.779. The summed E-state index contributed by atoms with van der Waals surface area (Å²) in [4.78, 5) is 16.9. The fraction of sp³-hybridized carbons (Fsp3) is 0.304. The third-order valence-electron chi connectivity index (χ3n) is 5.02. The Bertz CT molecular complexity index is 1030. The molecule has 7 heteroatoms. The van der Waals surface area contributed by atoms with E-state index < -0.39 is 0 Å². The number of methoxy groups -OCH3 is 1. The first-order chi connectivity index (χ1) is 14.6. The fourth-order valence-corrected chi connectivity index (χ4v) is 4.17. The average molecular weight is 427 g/mol. The predicted molar refractivity (Wildman–Crippen MR) is 112 cm³/mol. The summed E-state index contributed by atoms with van der Waals surface area (Å²) in [6.45, 7) is 2.62. The molecule has 5 nitrogen and oxygen atoms in total. The van der Waals surface area contributed by atoms with Crippen LogP contribution in [0.1, 0.15) is 30.5 Å². The van der Waals surface area contributed by atoms with E-state index in [2.05, 4.69) is 4.98 Å². The van der Waals surface area contributed by atoms with E-state index in [0.717, 1.165) is 22.6 Å². The summed E-state index contributed by atoms with van der Waals surface area (Å²) in [5, 5.41) is 2.70. The zero-order chi connectivity index (χ0) is 21.1. The van der Waals surface area contributed by atoms with Crippen molar-refractivity contribution in [3.8, 4) is 22.1 Å². The van der Waals surface area contributed by atoms with Gasteiger partial charge < -0.3 is 14.2 Å². The van der Waals surface area contributed by atoms with Gasteiger partial charge in [0.05, 0.1) is 25.3 Å². The summed E-state index contributed by atoms with van der Waals surface area (Å²) in [6.07, 6.45) is 0.735. The molecule has 1 heterocycles. The molecule has 30 heavy (non-hydrogen) atoms. The van der Waals surface area contributed by atoms with Gasteiger partial charge in [-0.05, 0) is 55.2 Å². The van der Waals surface area contributed by atoms with Gasteiger partial charge in [-0.15, -0.1) is 11.3 Å². The normalized spacial score (nSPS) is 17.4. The smallest absolute Gasteiger partial charge is 0.309 e. The van der Waals surface area contributed by atoms with Crippen LogP contribution in [0.4, 0.5) is 4.39 Å². The van der Waals surface area contributed by atoms with Crippen LogP contribution < -0.4 is 9.47 Å². The van der Waals surface area contributed by atoms with Gasteiger partial charge >= 0.3 is 5.97 Å². The van der Waals surface area contributed by atoms with Crippen LogP contribution in [0, 0.1) is 11.7 Å². The molecule has 3 aromatic rings. The Morgan fingerprint density at radius 3 is 2.73 bits per heavy atom. The Morgan fingerprint density at radius 1 is 1.20 bits per heavy atom. The third kappa shape index (κ3) is 4.46. The van der Waals surface area contributed by atoms with Gasteiger partial charge in [0, 0.05) is 10.9 Å². The van der Waals surface area contributed by atoms with Crippen LogP contribution in [0.2, 0.25) is 0 Å². The minimum Gasteiger partial charge on any atom is -0.493 e. The Kier molecular flexibility index (Phi) is 5.99. The Hall–Kier alpha value is -2.93. The van der Waals surface area contributed by atoms with Crippen molar-refractivity contribution in [2.24, 2.45) is 5.92 Å². The summed E-state index contributed by atoms with van der Waals surface area (Å²) < 4.78 is 29.4. The maximum atomic E-state index is 13.0. The average Bonchev–Trinajstić information content (AvgIpc) is 3.42. The zero-order valence-corrected chi connectivity index (χ0v) is 17.6. The van der Waals surface area contributed by atoms with E-state index >= 15 is 0 Å². The topological polar surface area (TPSA) is 57.7 Å². The van der Waals surface area contributed by atoms with Gasteiger partial charge in [0.2, 0.25) is 0 Å². The Morgan fingerprint density at radius 2 is 2.00 bits per heavy atom. The quantitative estimate of drug-likeness (QED) is 0.462. The van der Waals surface area contributed by atoms with Gasteiger partial charge in [0.25, 0.3) is 0 Å². The highest BCUT2D eigenvalue weighted by Gasteiger charge is 2.45. The SMILES string of the molecule is CCOc1ccc(-c2nc(COC(=O)C3CC3c3ccc(F)cc3)cs2)cc1OC. The van der Waals surface area contributed by atoms with Crippen LogP contribution in [-0.2, 0) is 16.1 Å². The number of esters is 1. The van der Waals surface area contributed by atoms with E-state index in [9.17, 15) is 9.18 Å². The molecular weight excluding hydrogens is 405 g/mol. The van der Waals surface area contributed by atoms with E-state index in [-0.39, 0.29) is 30.2 Å². The highest BCUT2D eigenvalue weighted by molar-refractivity contribution is 7.13. The lowest BCUT2D eigenvalue weighted by atomic mass is 10.1. The van der Waals surface area contributed by atoms with Crippen molar-refractivity contribution >= 4 is 17.3 Å².